The molecule has 0 rings (SSSR count). The van der Waals surface area contributed by atoms with Gasteiger partial charge in [0.15, 0.2) is 6.79 Å². The van der Waals surface area contributed by atoms with E-state index >= 15 is 0 Å². The smallest absolute Gasteiger partial charge is 1.00 e. The average molecular weight is 118 g/mol. The SMILES string of the molecule is O=POCO.[H-].[Na+]. The van der Waals surface area contributed by atoms with E-state index in [2.05, 4.69) is 4.52 Å². The van der Waals surface area contributed by atoms with Crippen LogP contribution >= 0.6 is 8.69 Å². The molecule has 0 aliphatic carbocycles. The van der Waals surface area contributed by atoms with Crippen LogP contribution in [-0.4, -0.2) is 11.9 Å². The van der Waals surface area contributed by atoms with E-state index in [1.807, 2.05) is 0 Å². The third-order valence-electron chi connectivity index (χ3n) is 0.110. The van der Waals surface area contributed by atoms with Gasteiger partial charge in [-0.05, 0) is 0 Å². The Morgan fingerprint density at radius 2 is 2.50 bits per heavy atom. The first kappa shape index (κ1) is 10.1. The second kappa shape index (κ2) is 9.39. The summed E-state index contributed by atoms with van der Waals surface area (Å²) in [6, 6.07) is 0. The standard InChI is InChI=1S/CH3O3P.Na.H/c2-1-4-5-3;;/h2H,1H2;;/q;+1;-1. The van der Waals surface area contributed by atoms with Crippen molar-refractivity contribution in [2.75, 3.05) is 6.79 Å². The predicted octanol–water partition coefficient (Wildman–Crippen LogP) is -2.72. The zero-order chi connectivity index (χ0) is 4.12. The van der Waals surface area contributed by atoms with E-state index in [9.17, 15) is 0 Å². The molecule has 0 fully saturated rings. The molecule has 32 valence electrons. The Hall–Kier alpha value is 1.02. The van der Waals surface area contributed by atoms with Gasteiger partial charge in [0.2, 0.25) is 0 Å². The van der Waals surface area contributed by atoms with Gasteiger partial charge in [-0.2, -0.15) is 0 Å². The van der Waals surface area contributed by atoms with Crippen LogP contribution in [0.1, 0.15) is 1.43 Å². The van der Waals surface area contributed by atoms with Crippen molar-refractivity contribution in [3.05, 3.63) is 0 Å². The number of aliphatic hydroxyl groups is 1. The Bertz CT molecular complexity index is 36.1. The van der Waals surface area contributed by atoms with Gasteiger partial charge in [-0.1, -0.05) is 0 Å². The summed E-state index contributed by atoms with van der Waals surface area (Å²) in [4.78, 5) is 0. The summed E-state index contributed by atoms with van der Waals surface area (Å²) in [5.41, 5.74) is 0. The molecule has 0 heterocycles. The molecule has 5 heteroatoms. The molecule has 0 atom stereocenters. The molecule has 0 saturated heterocycles. The van der Waals surface area contributed by atoms with Gasteiger partial charge in [0.1, 0.15) is 0 Å². The fraction of sp³-hybridized carbons (Fsp3) is 1.00. The van der Waals surface area contributed by atoms with E-state index in [1.165, 1.54) is 0 Å². The first-order valence-electron chi connectivity index (χ1n) is 0.970. The van der Waals surface area contributed by atoms with E-state index in [1.54, 1.807) is 0 Å². The number of rotatable bonds is 2. The molecule has 6 heavy (non-hydrogen) atoms. The molecule has 3 nitrogen and oxygen atoms in total. The van der Waals surface area contributed by atoms with Gasteiger partial charge < -0.3 is 6.53 Å². The molecule has 0 radical (unpaired) electrons. The largest absolute Gasteiger partial charge is 1.00 e. The first-order chi connectivity index (χ1) is 2.41. The Labute approximate surface area is 60.8 Å². The number of hydrogen-bond acceptors (Lipinski definition) is 3. The van der Waals surface area contributed by atoms with Crippen molar-refractivity contribution >= 4 is 8.69 Å². The minimum Gasteiger partial charge on any atom is -1.00 e. The Morgan fingerprint density at radius 3 is 2.50 bits per heavy atom. The molecule has 0 spiro atoms. The summed E-state index contributed by atoms with van der Waals surface area (Å²) in [6.45, 7) is -0.481. The summed E-state index contributed by atoms with van der Waals surface area (Å²) >= 11 is 0. The number of hydrogen-bond donors (Lipinski definition) is 1. The summed E-state index contributed by atoms with van der Waals surface area (Å²) in [5.74, 6) is 0. The van der Waals surface area contributed by atoms with Crippen molar-refractivity contribution in [1.29, 1.82) is 0 Å². The van der Waals surface area contributed by atoms with Crippen LogP contribution in [0.15, 0.2) is 0 Å². The molecular weight excluding hydrogens is 114 g/mol. The zero-order valence-corrected chi connectivity index (χ0v) is 6.31. The molecule has 0 saturated carbocycles. The van der Waals surface area contributed by atoms with E-state index in [-0.39, 0.29) is 31.0 Å². The van der Waals surface area contributed by atoms with E-state index < -0.39 is 15.5 Å². The van der Waals surface area contributed by atoms with Gasteiger partial charge in [0, 0.05) is 0 Å². The zero-order valence-electron chi connectivity index (χ0n) is 4.42. The molecule has 0 aromatic rings. The molecule has 0 unspecified atom stereocenters. The van der Waals surface area contributed by atoms with Gasteiger partial charge >= 0.3 is 38.2 Å². The summed E-state index contributed by atoms with van der Waals surface area (Å²) < 4.78 is 12.9. The number of aliphatic hydroxyl groups excluding tert-OH is 1. The normalized spacial score (nSPS) is 7.50. The van der Waals surface area contributed by atoms with E-state index in [0.29, 0.717) is 0 Å². The third kappa shape index (κ3) is 8.89. The minimum absolute atomic E-state index is 0. The topological polar surface area (TPSA) is 46.5 Å². The quantitative estimate of drug-likeness (QED) is 0.243. The second-order valence-corrected chi connectivity index (χ2v) is 0.740. The summed E-state index contributed by atoms with van der Waals surface area (Å²) in [7, 11) is -0.470. The minimum atomic E-state index is -0.481. The maximum absolute atomic E-state index is 9.12. The average Bonchev–Trinajstić information content (AvgIpc) is 1.41. The Kier molecular flexibility index (Phi) is 15.8. The van der Waals surface area contributed by atoms with Gasteiger partial charge in [0.05, 0.1) is 0 Å². The monoisotopic (exact) mass is 118 g/mol. The molecule has 0 amide bonds. The van der Waals surface area contributed by atoms with Gasteiger partial charge in [-0.15, -0.1) is 0 Å². The maximum atomic E-state index is 9.12. The van der Waals surface area contributed by atoms with Crippen molar-refractivity contribution in [3.63, 3.8) is 0 Å². The fourth-order valence-electron chi connectivity index (χ4n) is 0.0236. The van der Waals surface area contributed by atoms with E-state index in [4.69, 9.17) is 9.67 Å². The first-order valence-corrected chi connectivity index (χ1v) is 1.70. The van der Waals surface area contributed by atoms with Gasteiger partial charge in [0.25, 0.3) is 0 Å². The van der Waals surface area contributed by atoms with Gasteiger partial charge in [-0.3, -0.25) is 4.52 Å². The van der Waals surface area contributed by atoms with E-state index in [0.717, 1.165) is 0 Å². The molecule has 0 aromatic heterocycles. The van der Waals surface area contributed by atoms with Crippen LogP contribution in [-0.2, 0) is 9.09 Å². The van der Waals surface area contributed by atoms with Crippen LogP contribution in [0.25, 0.3) is 0 Å². The van der Waals surface area contributed by atoms with Crippen LogP contribution in [0.2, 0.25) is 0 Å². The van der Waals surface area contributed by atoms with Crippen LogP contribution in [0.4, 0.5) is 0 Å². The van der Waals surface area contributed by atoms with Crippen molar-refractivity contribution in [1.82, 2.24) is 0 Å². The van der Waals surface area contributed by atoms with Crippen molar-refractivity contribution in [2.45, 2.75) is 0 Å². The van der Waals surface area contributed by atoms with Crippen molar-refractivity contribution in [2.24, 2.45) is 0 Å². The summed E-state index contributed by atoms with van der Waals surface area (Å²) in [6.07, 6.45) is 0. The Morgan fingerprint density at radius 1 is 2.00 bits per heavy atom. The molecule has 0 aliphatic rings. The van der Waals surface area contributed by atoms with Crippen LogP contribution in [0.3, 0.4) is 0 Å². The molecule has 1 N–H and O–H groups in total. The fourth-order valence-corrected chi connectivity index (χ4v) is 0.0707. The molecular formula is CH4NaO3P. The maximum Gasteiger partial charge on any atom is 1.00 e. The molecule has 0 aromatic carbocycles. The van der Waals surface area contributed by atoms with Crippen LogP contribution in [0, 0.1) is 0 Å². The van der Waals surface area contributed by atoms with Crippen molar-refractivity contribution in [3.8, 4) is 0 Å². The Balaban J connectivity index is -0.0000000800. The predicted molar refractivity (Wildman–Crippen MR) is 16.9 cm³/mol. The van der Waals surface area contributed by atoms with Crippen molar-refractivity contribution < 1.29 is 45.2 Å². The van der Waals surface area contributed by atoms with Crippen LogP contribution < -0.4 is 29.6 Å². The van der Waals surface area contributed by atoms with Gasteiger partial charge in [-0.25, -0.2) is 4.57 Å². The molecule has 0 aliphatic heterocycles. The summed E-state index contributed by atoms with van der Waals surface area (Å²) in [5, 5.41) is 7.64. The third-order valence-corrected chi connectivity index (χ3v) is 0.331. The van der Waals surface area contributed by atoms with Crippen LogP contribution in [0.5, 0.6) is 0 Å². The molecule has 0 bridgehead atoms. The second-order valence-electron chi connectivity index (χ2n) is 0.333.